The number of nitrogens with one attached hydrogen (secondary N) is 1. The molecule has 5 nitrogen and oxygen atoms in total. The van der Waals surface area contributed by atoms with Crippen molar-refractivity contribution in [3.05, 3.63) is 0 Å². The standard InChI is InChI=1S/C8H13NO4S/c10-8(11)6-4-14(12)7-3-13-2-1-5(7)9-6/h5-7,9H,1-4H2,(H,10,11). The zero-order valence-electron chi connectivity index (χ0n) is 7.64. The summed E-state index contributed by atoms with van der Waals surface area (Å²) in [4.78, 5) is 10.7. The summed E-state index contributed by atoms with van der Waals surface area (Å²) in [6.07, 6.45) is 0.750. The van der Waals surface area contributed by atoms with Crippen LogP contribution in [0.15, 0.2) is 0 Å². The van der Waals surface area contributed by atoms with Gasteiger partial charge in [-0.2, -0.15) is 0 Å². The fourth-order valence-corrected chi connectivity index (χ4v) is 3.54. The Hall–Kier alpha value is -0.460. The van der Waals surface area contributed by atoms with Gasteiger partial charge in [-0.05, 0) is 6.42 Å². The molecule has 0 aromatic carbocycles. The van der Waals surface area contributed by atoms with E-state index in [9.17, 15) is 9.00 Å². The van der Waals surface area contributed by atoms with E-state index in [2.05, 4.69) is 5.32 Å². The zero-order chi connectivity index (χ0) is 10.1. The Bertz CT molecular complexity index is 270. The van der Waals surface area contributed by atoms with Crippen molar-refractivity contribution in [2.45, 2.75) is 23.8 Å². The van der Waals surface area contributed by atoms with Gasteiger partial charge in [0.15, 0.2) is 0 Å². The van der Waals surface area contributed by atoms with Gasteiger partial charge in [0.1, 0.15) is 6.04 Å². The smallest absolute Gasteiger partial charge is 0.321 e. The van der Waals surface area contributed by atoms with E-state index in [0.717, 1.165) is 6.42 Å². The number of aliphatic carboxylic acids is 1. The fraction of sp³-hybridized carbons (Fsp3) is 0.875. The number of carbonyl (C=O) groups is 1. The summed E-state index contributed by atoms with van der Waals surface area (Å²) in [5.41, 5.74) is 0. The van der Waals surface area contributed by atoms with E-state index in [1.165, 1.54) is 0 Å². The maximum absolute atomic E-state index is 11.7. The Morgan fingerprint density at radius 3 is 3.07 bits per heavy atom. The maximum Gasteiger partial charge on any atom is 0.321 e. The third-order valence-electron chi connectivity index (χ3n) is 2.69. The maximum atomic E-state index is 11.7. The number of ether oxygens (including phenoxy) is 1. The predicted molar refractivity (Wildman–Crippen MR) is 50.6 cm³/mol. The van der Waals surface area contributed by atoms with Crippen LogP contribution in [0, 0.1) is 0 Å². The SMILES string of the molecule is O=C(O)C1CS(=O)C2COCCC2N1. The molecule has 2 rings (SSSR count). The minimum absolute atomic E-state index is 0.0284. The van der Waals surface area contributed by atoms with Crippen LogP contribution in [0.2, 0.25) is 0 Å². The van der Waals surface area contributed by atoms with Crippen LogP contribution in [0.3, 0.4) is 0 Å². The predicted octanol–water partition coefficient (Wildman–Crippen LogP) is -1.05. The first-order valence-electron chi connectivity index (χ1n) is 4.62. The zero-order valence-corrected chi connectivity index (χ0v) is 8.46. The summed E-state index contributed by atoms with van der Waals surface area (Å²) >= 11 is 0. The van der Waals surface area contributed by atoms with Crippen LogP contribution in [0.25, 0.3) is 0 Å². The molecule has 0 aromatic rings. The van der Waals surface area contributed by atoms with E-state index < -0.39 is 22.8 Å². The number of hydrogen-bond acceptors (Lipinski definition) is 4. The van der Waals surface area contributed by atoms with E-state index in [0.29, 0.717) is 13.2 Å². The van der Waals surface area contributed by atoms with Gasteiger partial charge in [-0.3, -0.25) is 14.3 Å². The molecule has 4 atom stereocenters. The highest BCUT2D eigenvalue weighted by atomic mass is 32.2. The largest absolute Gasteiger partial charge is 0.480 e. The molecule has 2 fully saturated rings. The minimum Gasteiger partial charge on any atom is -0.480 e. The lowest BCUT2D eigenvalue weighted by molar-refractivity contribution is -0.139. The number of carboxylic acid groups (broad SMARTS) is 1. The lowest BCUT2D eigenvalue weighted by Crippen LogP contribution is -2.61. The molecule has 2 N–H and O–H groups in total. The molecule has 4 unspecified atom stereocenters. The number of hydrogen-bond donors (Lipinski definition) is 2. The lowest BCUT2D eigenvalue weighted by atomic mass is 10.1. The number of fused-ring (bicyclic) bond motifs is 1. The van der Waals surface area contributed by atoms with E-state index in [1.54, 1.807) is 0 Å². The first-order chi connectivity index (χ1) is 6.68. The van der Waals surface area contributed by atoms with Crippen LogP contribution in [-0.2, 0) is 20.3 Å². The molecule has 14 heavy (non-hydrogen) atoms. The molecule has 0 aliphatic carbocycles. The average molecular weight is 219 g/mol. The van der Waals surface area contributed by atoms with Gasteiger partial charge in [0, 0.05) is 23.4 Å². The molecule has 6 heteroatoms. The first kappa shape index (κ1) is 10.1. The highest BCUT2D eigenvalue weighted by molar-refractivity contribution is 7.85. The second kappa shape index (κ2) is 3.96. The second-order valence-corrected chi connectivity index (χ2v) is 5.31. The molecule has 2 saturated heterocycles. The molecule has 0 aromatic heterocycles. The first-order valence-corrected chi connectivity index (χ1v) is 6.00. The Morgan fingerprint density at radius 1 is 1.57 bits per heavy atom. The number of carboxylic acids is 1. The normalized spacial score (nSPS) is 42.9. The van der Waals surface area contributed by atoms with Crippen LogP contribution >= 0.6 is 0 Å². The summed E-state index contributed by atoms with van der Waals surface area (Å²) in [6.45, 7) is 1.11. The van der Waals surface area contributed by atoms with Crippen LogP contribution < -0.4 is 5.32 Å². The Balaban J connectivity index is 2.08. The van der Waals surface area contributed by atoms with Crippen molar-refractivity contribution in [3.8, 4) is 0 Å². The Morgan fingerprint density at radius 2 is 2.36 bits per heavy atom. The summed E-state index contributed by atoms with van der Waals surface area (Å²) < 4.78 is 16.9. The van der Waals surface area contributed by atoms with Gasteiger partial charge < -0.3 is 9.84 Å². The third kappa shape index (κ3) is 1.82. The molecule has 2 aliphatic rings. The van der Waals surface area contributed by atoms with Crippen molar-refractivity contribution in [3.63, 3.8) is 0 Å². The third-order valence-corrected chi connectivity index (χ3v) is 4.49. The molecule has 0 bridgehead atoms. The van der Waals surface area contributed by atoms with Gasteiger partial charge in [-0.15, -0.1) is 0 Å². The second-order valence-electron chi connectivity index (χ2n) is 3.61. The van der Waals surface area contributed by atoms with E-state index in [1.807, 2.05) is 0 Å². The summed E-state index contributed by atoms with van der Waals surface area (Å²) in [6, 6.07) is -0.616. The van der Waals surface area contributed by atoms with E-state index >= 15 is 0 Å². The average Bonchev–Trinajstić information content (AvgIpc) is 2.17. The monoisotopic (exact) mass is 219 g/mol. The molecule has 0 saturated carbocycles. The van der Waals surface area contributed by atoms with Crippen LogP contribution in [0.1, 0.15) is 6.42 Å². The molecule has 0 amide bonds. The highest BCUT2D eigenvalue weighted by Gasteiger charge is 2.39. The van der Waals surface area contributed by atoms with E-state index in [-0.39, 0.29) is 17.0 Å². The van der Waals surface area contributed by atoms with Crippen LogP contribution in [-0.4, -0.2) is 51.6 Å². The van der Waals surface area contributed by atoms with Gasteiger partial charge >= 0.3 is 5.97 Å². The molecule has 2 aliphatic heterocycles. The Labute approximate surface area is 84.3 Å². The number of rotatable bonds is 1. The van der Waals surface area contributed by atoms with Crippen molar-refractivity contribution in [1.29, 1.82) is 0 Å². The minimum atomic E-state index is -1.08. The lowest BCUT2D eigenvalue weighted by Gasteiger charge is -2.37. The molecule has 2 heterocycles. The molecular formula is C8H13NO4S. The summed E-state index contributed by atoms with van der Waals surface area (Å²) in [5, 5.41) is 11.8. The van der Waals surface area contributed by atoms with Crippen LogP contribution in [0.4, 0.5) is 0 Å². The van der Waals surface area contributed by atoms with Gasteiger partial charge in [0.05, 0.1) is 17.6 Å². The quantitative estimate of drug-likeness (QED) is 0.588. The van der Waals surface area contributed by atoms with Crippen molar-refractivity contribution in [2.24, 2.45) is 0 Å². The van der Waals surface area contributed by atoms with Crippen molar-refractivity contribution < 1.29 is 18.8 Å². The van der Waals surface area contributed by atoms with Crippen molar-refractivity contribution in [2.75, 3.05) is 19.0 Å². The van der Waals surface area contributed by atoms with Crippen molar-refractivity contribution in [1.82, 2.24) is 5.32 Å². The summed E-state index contributed by atoms with van der Waals surface area (Å²) in [5.74, 6) is -0.719. The summed E-state index contributed by atoms with van der Waals surface area (Å²) in [7, 11) is -1.08. The van der Waals surface area contributed by atoms with Crippen molar-refractivity contribution >= 4 is 16.8 Å². The van der Waals surface area contributed by atoms with Gasteiger partial charge in [-0.25, -0.2) is 0 Å². The molecule has 0 radical (unpaired) electrons. The molecule has 80 valence electrons. The molecule has 0 spiro atoms. The topological polar surface area (TPSA) is 75.6 Å². The Kier molecular flexibility index (Phi) is 2.85. The fourth-order valence-electron chi connectivity index (χ4n) is 1.90. The van der Waals surface area contributed by atoms with Gasteiger partial charge in [0.2, 0.25) is 0 Å². The van der Waals surface area contributed by atoms with Gasteiger partial charge in [-0.1, -0.05) is 0 Å². The van der Waals surface area contributed by atoms with E-state index in [4.69, 9.17) is 9.84 Å². The highest BCUT2D eigenvalue weighted by Crippen LogP contribution is 2.19. The van der Waals surface area contributed by atoms with Gasteiger partial charge in [0.25, 0.3) is 0 Å². The molecular weight excluding hydrogens is 206 g/mol. The van der Waals surface area contributed by atoms with Crippen LogP contribution in [0.5, 0.6) is 0 Å².